The van der Waals surface area contributed by atoms with Crippen LogP contribution in [0.3, 0.4) is 0 Å². The van der Waals surface area contributed by atoms with Gasteiger partial charge in [0.25, 0.3) is 5.91 Å². The van der Waals surface area contributed by atoms with Crippen molar-refractivity contribution in [1.82, 2.24) is 10.2 Å². The maximum Gasteiger partial charge on any atom is 0.253 e. The second kappa shape index (κ2) is 9.82. The lowest BCUT2D eigenvalue weighted by atomic mass is 9.75. The largest absolute Gasteiger partial charge is 0.391 e. The summed E-state index contributed by atoms with van der Waals surface area (Å²) in [7, 11) is 0. The summed E-state index contributed by atoms with van der Waals surface area (Å²) < 4.78 is 0. The Bertz CT molecular complexity index is 1310. The van der Waals surface area contributed by atoms with Crippen LogP contribution < -0.4 is 5.32 Å². The molecule has 4 atom stereocenters. The minimum absolute atomic E-state index is 0.0903. The van der Waals surface area contributed by atoms with Crippen molar-refractivity contribution >= 4 is 5.91 Å². The second-order valence-electron chi connectivity index (χ2n) is 12.7. The number of rotatable bonds is 6. The number of hydrogen-bond acceptors (Lipinski definition) is 3. The van der Waals surface area contributed by atoms with E-state index in [1.807, 2.05) is 47.4 Å². The van der Waals surface area contributed by atoms with E-state index in [0.717, 1.165) is 59.3 Å². The third-order valence-electron chi connectivity index (χ3n) is 10.8. The Morgan fingerprint density at radius 3 is 2.44 bits per heavy atom. The van der Waals surface area contributed by atoms with Crippen LogP contribution in [0.5, 0.6) is 0 Å². The lowest BCUT2D eigenvalue weighted by molar-refractivity contribution is 0.0152. The Hall–Kier alpha value is -3.11. The van der Waals surface area contributed by atoms with E-state index in [0.29, 0.717) is 19.6 Å². The average molecular weight is 521 g/mol. The van der Waals surface area contributed by atoms with Crippen molar-refractivity contribution in [2.45, 2.75) is 51.0 Å². The summed E-state index contributed by atoms with van der Waals surface area (Å²) in [4.78, 5) is 15.5. The van der Waals surface area contributed by atoms with Crippen LogP contribution in [0.1, 0.15) is 55.3 Å². The number of piperidine rings is 1. The number of allylic oxidation sites excluding steroid dienone is 3. The first kappa shape index (κ1) is 24.9. The van der Waals surface area contributed by atoms with Crippen LogP contribution in [0.15, 0.2) is 90.2 Å². The molecule has 0 aromatic heterocycles. The van der Waals surface area contributed by atoms with E-state index in [2.05, 4.69) is 36.2 Å². The number of carbonyl (C=O) groups is 1. The van der Waals surface area contributed by atoms with Crippen LogP contribution in [0.2, 0.25) is 0 Å². The molecule has 4 nitrogen and oxygen atoms in total. The number of amides is 1. The lowest BCUT2D eigenvalue weighted by Crippen LogP contribution is -2.44. The first-order chi connectivity index (χ1) is 19.0. The van der Waals surface area contributed by atoms with Crippen LogP contribution in [0, 0.1) is 29.1 Å². The first-order valence-electron chi connectivity index (χ1n) is 15.0. The molecule has 0 spiro atoms. The van der Waals surface area contributed by atoms with Gasteiger partial charge < -0.3 is 15.3 Å². The molecule has 202 valence electrons. The second-order valence-corrected chi connectivity index (χ2v) is 12.7. The van der Waals surface area contributed by atoms with Crippen LogP contribution in [0.4, 0.5) is 0 Å². The van der Waals surface area contributed by atoms with Crippen LogP contribution in [0.25, 0.3) is 11.1 Å². The lowest BCUT2D eigenvalue weighted by Gasteiger charge is -2.39. The Balaban J connectivity index is 1.06. The molecule has 4 unspecified atom stereocenters. The molecular formula is C35H40N2O2. The predicted octanol–water partition coefficient (Wildman–Crippen LogP) is 6.36. The van der Waals surface area contributed by atoms with Gasteiger partial charge in [-0.2, -0.15) is 0 Å². The van der Waals surface area contributed by atoms with Crippen molar-refractivity contribution in [3.63, 3.8) is 0 Å². The maximum atomic E-state index is 13.5. The van der Waals surface area contributed by atoms with E-state index < -0.39 is 0 Å². The number of nitrogens with zero attached hydrogens (tertiary/aromatic N) is 1. The van der Waals surface area contributed by atoms with Gasteiger partial charge in [0, 0.05) is 42.2 Å². The maximum absolute atomic E-state index is 13.5. The Labute approximate surface area is 232 Å². The molecule has 1 aliphatic heterocycles. The zero-order valence-electron chi connectivity index (χ0n) is 22.8. The third-order valence-corrected chi connectivity index (χ3v) is 10.8. The molecule has 5 aliphatic carbocycles. The molecule has 39 heavy (non-hydrogen) atoms. The van der Waals surface area contributed by atoms with Crippen LogP contribution in [-0.2, 0) is 0 Å². The molecule has 2 aromatic carbocycles. The Kier molecular flexibility index (Phi) is 6.27. The number of hydrogen-bond donors (Lipinski definition) is 2. The molecule has 6 aliphatic rings. The van der Waals surface area contributed by atoms with E-state index in [9.17, 15) is 9.90 Å². The summed E-state index contributed by atoms with van der Waals surface area (Å²) >= 11 is 0. The van der Waals surface area contributed by atoms with E-state index >= 15 is 0 Å². The van der Waals surface area contributed by atoms with Crippen molar-refractivity contribution in [2.24, 2.45) is 29.1 Å². The molecule has 1 heterocycles. The SMILES string of the molecule is C=C1/C=C\CC/C(NCC(O)C23CC4CC2CC4C3)=C2/CCN(C(=O)c3ccc(-c4ccccc4)cc3)CC12. The van der Waals surface area contributed by atoms with Crippen molar-refractivity contribution in [1.29, 1.82) is 0 Å². The topological polar surface area (TPSA) is 52.6 Å². The molecule has 2 aromatic rings. The van der Waals surface area contributed by atoms with Gasteiger partial charge in [0.15, 0.2) is 0 Å². The predicted molar refractivity (Wildman–Crippen MR) is 156 cm³/mol. The summed E-state index contributed by atoms with van der Waals surface area (Å²) in [5.41, 5.74) is 6.93. The highest BCUT2D eigenvalue weighted by Gasteiger charge is 2.65. The number of nitrogens with one attached hydrogen (secondary N) is 1. The zero-order valence-corrected chi connectivity index (χ0v) is 22.8. The van der Waals surface area contributed by atoms with Crippen LogP contribution in [-0.4, -0.2) is 41.7 Å². The summed E-state index contributed by atoms with van der Waals surface area (Å²) in [5, 5.41) is 15.1. The number of aliphatic hydroxyl groups is 1. The zero-order chi connectivity index (χ0) is 26.6. The fourth-order valence-corrected chi connectivity index (χ4v) is 8.84. The smallest absolute Gasteiger partial charge is 0.253 e. The monoisotopic (exact) mass is 520 g/mol. The van der Waals surface area contributed by atoms with E-state index in [4.69, 9.17) is 0 Å². The highest BCUT2D eigenvalue weighted by molar-refractivity contribution is 5.95. The van der Waals surface area contributed by atoms with Gasteiger partial charge in [-0.3, -0.25) is 4.79 Å². The normalized spacial score (nSPS) is 34.5. The minimum Gasteiger partial charge on any atom is -0.391 e. The number of aliphatic hydroxyl groups excluding tert-OH is 1. The molecule has 4 saturated carbocycles. The van der Waals surface area contributed by atoms with Gasteiger partial charge in [-0.15, -0.1) is 0 Å². The van der Waals surface area contributed by atoms with E-state index in [-0.39, 0.29) is 23.3 Å². The number of fused-ring (bicyclic) bond motifs is 1. The van der Waals surface area contributed by atoms with Crippen LogP contribution >= 0.6 is 0 Å². The molecule has 8 rings (SSSR count). The molecule has 2 N–H and O–H groups in total. The highest BCUT2D eigenvalue weighted by Crippen LogP contribution is 2.71. The summed E-state index contributed by atoms with van der Waals surface area (Å²) in [6.07, 6.45) is 12.1. The molecule has 4 heteroatoms. The number of benzene rings is 2. The molecule has 0 radical (unpaired) electrons. The molecule has 5 fully saturated rings. The van der Waals surface area contributed by atoms with Crippen molar-refractivity contribution in [3.05, 3.63) is 95.7 Å². The summed E-state index contributed by atoms with van der Waals surface area (Å²) in [6, 6.07) is 18.3. The molecule has 1 saturated heterocycles. The van der Waals surface area contributed by atoms with Gasteiger partial charge in [0.2, 0.25) is 0 Å². The molecule has 4 bridgehead atoms. The molecular weight excluding hydrogens is 480 g/mol. The van der Waals surface area contributed by atoms with Gasteiger partial charge in [0.1, 0.15) is 0 Å². The highest BCUT2D eigenvalue weighted by atomic mass is 16.3. The van der Waals surface area contributed by atoms with Gasteiger partial charge in [0.05, 0.1) is 6.10 Å². The summed E-state index contributed by atoms with van der Waals surface area (Å²) in [6.45, 7) is 6.43. The van der Waals surface area contributed by atoms with Crippen molar-refractivity contribution in [2.75, 3.05) is 19.6 Å². The average Bonchev–Trinajstić information content (AvgIpc) is 3.73. The van der Waals surface area contributed by atoms with E-state index in [1.54, 1.807) is 0 Å². The van der Waals surface area contributed by atoms with Crippen molar-refractivity contribution in [3.8, 4) is 11.1 Å². The molecule has 1 amide bonds. The van der Waals surface area contributed by atoms with Gasteiger partial charge in [-0.25, -0.2) is 0 Å². The number of carbonyl (C=O) groups excluding carboxylic acids is 1. The number of likely N-dealkylation sites (tertiary alicyclic amines) is 1. The first-order valence-corrected chi connectivity index (χ1v) is 15.0. The fraction of sp³-hybridized carbons (Fsp3) is 0.457. The Morgan fingerprint density at radius 2 is 1.74 bits per heavy atom. The Morgan fingerprint density at radius 1 is 1.03 bits per heavy atom. The quantitative estimate of drug-likeness (QED) is 0.466. The third kappa shape index (κ3) is 4.28. The fourth-order valence-electron chi connectivity index (χ4n) is 8.84. The summed E-state index contributed by atoms with van der Waals surface area (Å²) in [5.74, 6) is 2.71. The van der Waals surface area contributed by atoms with Crippen molar-refractivity contribution < 1.29 is 9.90 Å². The van der Waals surface area contributed by atoms with Gasteiger partial charge >= 0.3 is 0 Å². The van der Waals surface area contributed by atoms with Gasteiger partial charge in [-0.1, -0.05) is 61.2 Å². The van der Waals surface area contributed by atoms with Gasteiger partial charge in [-0.05, 0) is 97.1 Å². The minimum atomic E-state index is -0.267. The standard InChI is InChI=1S/C35H40N2O2/c1-23-7-5-6-10-32(36-21-33(38)35-19-27-17-29(35)18-28(27)20-35)30-15-16-37(22-31(23)30)34(39)26-13-11-25(12-14-26)24-8-3-2-4-9-24/h2-5,7-9,11-14,27-29,31,33,36,38H,1,6,10,15-22H2/b7-5-,32-30+. The van der Waals surface area contributed by atoms with E-state index in [1.165, 1.54) is 37.0 Å².